The first kappa shape index (κ1) is 18.7. The normalized spacial score (nSPS) is 27.5. The fourth-order valence-electron chi connectivity index (χ4n) is 5.35. The Kier molecular flexibility index (Phi) is 4.68. The van der Waals surface area contributed by atoms with E-state index in [9.17, 15) is 4.79 Å². The van der Waals surface area contributed by atoms with Gasteiger partial charge in [-0.3, -0.25) is 4.79 Å². The molecular weight excluding hydrogens is 332 g/mol. The number of nitrogens with zero attached hydrogens (tertiary/aromatic N) is 1. The molecule has 0 saturated heterocycles. The average molecular weight is 365 g/mol. The van der Waals surface area contributed by atoms with E-state index in [1.165, 1.54) is 39.2 Å². The molecule has 0 amide bonds. The Balaban J connectivity index is 1.65. The quantitative estimate of drug-likeness (QED) is 0.728. The van der Waals surface area contributed by atoms with Crippen molar-refractivity contribution in [3.05, 3.63) is 10.6 Å². The fraction of sp³-hybridized carbons (Fsp3) is 0.800. The Morgan fingerprint density at radius 2 is 2.00 bits per heavy atom. The maximum Gasteiger partial charge on any atom is 0.317 e. The largest absolute Gasteiger partial charge is 0.468 e. The molecule has 1 aromatic rings. The average Bonchev–Trinajstić information content (AvgIpc) is 3.14. The van der Waals surface area contributed by atoms with Gasteiger partial charge in [0.2, 0.25) is 0 Å². The number of methoxy groups -OCH3 is 1. The van der Waals surface area contributed by atoms with Crippen LogP contribution in [0.25, 0.3) is 0 Å². The summed E-state index contributed by atoms with van der Waals surface area (Å²) in [5.74, 6) is 0.679. The van der Waals surface area contributed by atoms with Gasteiger partial charge in [0.1, 0.15) is 5.41 Å². The van der Waals surface area contributed by atoms with Gasteiger partial charge < -0.3 is 10.1 Å². The molecule has 0 spiro atoms. The predicted molar refractivity (Wildman–Crippen MR) is 103 cm³/mol. The predicted octanol–water partition coefficient (Wildman–Crippen LogP) is 4.92. The van der Waals surface area contributed by atoms with Crippen LogP contribution in [0.1, 0.15) is 70.4 Å². The van der Waals surface area contributed by atoms with Crippen molar-refractivity contribution in [2.24, 2.45) is 16.7 Å². The fourth-order valence-corrected chi connectivity index (χ4v) is 6.35. The molecule has 2 aliphatic carbocycles. The lowest BCUT2D eigenvalue weighted by atomic mass is 9.67. The molecule has 5 heteroatoms. The summed E-state index contributed by atoms with van der Waals surface area (Å²) in [6.07, 6.45) is 6.78. The molecule has 3 rings (SSSR count). The number of hydrogen-bond acceptors (Lipinski definition) is 5. The molecule has 4 nitrogen and oxygen atoms in total. The minimum Gasteiger partial charge on any atom is -0.468 e. The summed E-state index contributed by atoms with van der Waals surface area (Å²) in [4.78, 5) is 17.9. The number of carbonyl (C=O) groups excluding carboxylic acids is 1. The highest BCUT2D eigenvalue weighted by Crippen LogP contribution is 2.67. The van der Waals surface area contributed by atoms with E-state index in [0.29, 0.717) is 10.8 Å². The number of thiazole rings is 1. The topological polar surface area (TPSA) is 51.2 Å². The zero-order chi connectivity index (χ0) is 18.5. The van der Waals surface area contributed by atoms with Gasteiger partial charge in [0.15, 0.2) is 5.13 Å². The lowest BCUT2D eigenvalue weighted by Crippen LogP contribution is -2.32. The lowest BCUT2D eigenvalue weighted by Gasteiger charge is -2.38. The number of esters is 1. The number of aryl methyl sites for hydroxylation is 1. The highest BCUT2D eigenvalue weighted by Gasteiger charge is 2.57. The van der Waals surface area contributed by atoms with Gasteiger partial charge in [-0.1, -0.05) is 13.8 Å². The summed E-state index contributed by atoms with van der Waals surface area (Å²) in [6.45, 7) is 11.7. The second kappa shape index (κ2) is 6.26. The first-order valence-electron chi connectivity index (χ1n) is 9.44. The zero-order valence-electron chi connectivity index (χ0n) is 16.5. The molecule has 2 bridgehead atoms. The Hall–Kier alpha value is -1.10. The summed E-state index contributed by atoms with van der Waals surface area (Å²) in [5, 5.41) is 4.45. The Bertz CT molecular complexity index is 655. The van der Waals surface area contributed by atoms with Crippen LogP contribution in [0.2, 0.25) is 0 Å². The van der Waals surface area contributed by atoms with Crippen molar-refractivity contribution in [1.29, 1.82) is 0 Å². The van der Waals surface area contributed by atoms with Gasteiger partial charge >= 0.3 is 5.97 Å². The number of anilines is 1. The van der Waals surface area contributed by atoms with Gasteiger partial charge in [0.25, 0.3) is 0 Å². The highest BCUT2D eigenvalue weighted by atomic mass is 32.1. The van der Waals surface area contributed by atoms with Crippen LogP contribution >= 0.6 is 11.3 Å². The molecule has 0 aromatic carbocycles. The SMILES string of the molecule is COC(=O)C(C)(C)c1nc(NCCC23CCC(CC2)C3(C)C)sc1C. The Morgan fingerprint density at radius 3 is 2.52 bits per heavy atom. The third kappa shape index (κ3) is 2.88. The zero-order valence-corrected chi connectivity index (χ0v) is 17.3. The van der Waals surface area contributed by atoms with Crippen LogP contribution in [0.3, 0.4) is 0 Å². The molecule has 2 aliphatic rings. The number of fused-ring (bicyclic) bond motifs is 2. The van der Waals surface area contributed by atoms with Gasteiger partial charge in [-0.15, -0.1) is 11.3 Å². The minimum atomic E-state index is -0.708. The van der Waals surface area contributed by atoms with Crippen LogP contribution in [-0.4, -0.2) is 24.6 Å². The van der Waals surface area contributed by atoms with E-state index < -0.39 is 5.41 Å². The molecule has 1 N–H and O–H groups in total. The second-order valence-electron chi connectivity index (χ2n) is 8.99. The molecule has 0 atom stereocenters. The van der Waals surface area contributed by atoms with Crippen LogP contribution in [0, 0.1) is 23.7 Å². The number of carbonyl (C=O) groups is 1. The van der Waals surface area contributed by atoms with Crippen LogP contribution in [-0.2, 0) is 14.9 Å². The third-order valence-electron chi connectivity index (χ3n) is 7.29. The summed E-state index contributed by atoms with van der Waals surface area (Å²) in [6, 6.07) is 0. The van der Waals surface area contributed by atoms with Gasteiger partial charge in [0.05, 0.1) is 12.8 Å². The number of ether oxygens (including phenoxy) is 1. The van der Waals surface area contributed by atoms with E-state index in [0.717, 1.165) is 28.2 Å². The van der Waals surface area contributed by atoms with Crippen molar-refractivity contribution < 1.29 is 9.53 Å². The molecule has 0 aliphatic heterocycles. The molecule has 0 radical (unpaired) electrons. The monoisotopic (exact) mass is 364 g/mol. The smallest absolute Gasteiger partial charge is 0.317 e. The van der Waals surface area contributed by atoms with Crippen LogP contribution < -0.4 is 5.32 Å². The van der Waals surface area contributed by atoms with E-state index in [4.69, 9.17) is 9.72 Å². The molecule has 2 saturated carbocycles. The minimum absolute atomic E-state index is 0.240. The standard InChI is InChI=1S/C20H32N2O2S/c1-13-15(18(2,3)16(23)24-6)22-17(25-13)21-12-11-20-9-7-14(8-10-20)19(20,4)5/h14H,7-12H2,1-6H3,(H,21,22). The van der Waals surface area contributed by atoms with E-state index >= 15 is 0 Å². The van der Waals surface area contributed by atoms with E-state index in [-0.39, 0.29) is 5.97 Å². The molecule has 140 valence electrons. The summed E-state index contributed by atoms with van der Waals surface area (Å²) < 4.78 is 4.94. The van der Waals surface area contributed by atoms with Crippen molar-refractivity contribution in [2.75, 3.05) is 19.0 Å². The molecule has 0 unspecified atom stereocenters. The van der Waals surface area contributed by atoms with Crippen molar-refractivity contribution in [1.82, 2.24) is 4.98 Å². The highest BCUT2D eigenvalue weighted by molar-refractivity contribution is 7.15. The molecule has 1 aromatic heterocycles. The van der Waals surface area contributed by atoms with Crippen molar-refractivity contribution in [3.63, 3.8) is 0 Å². The Labute approximate surface area is 155 Å². The van der Waals surface area contributed by atoms with Gasteiger partial charge in [-0.25, -0.2) is 4.98 Å². The molecule has 2 fully saturated rings. The second-order valence-corrected chi connectivity index (χ2v) is 10.2. The van der Waals surface area contributed by atoms with Crippen LogP contribution in [0.4, 0.5) is 5.13 Å². The van der Waals surface area contributed by atoms with Crippen LogP contribution in [0.5, 0.6) is 0 Å². The number of nitrogens with one attached hydrogen (secondary N) is 1. The van der Waals surface area contributed by atoms with Gasteiger partial charge in [-0.05, 0) is 69.6 Å². The van der Waals surface area contributed by atoms with Crippen molar-refractivity contribution in [3.8, 4) is 0 Å². The first-order chi connectivity index (χ1) is 11.6. The third-order valence-corrected chi connectivity index (χ3v) is 8.22. The number of rotatable bonds is 6. The van der Waals surface area contributed by atoms with E-state index in [1.54, 1.807) is 11.3 Å². The summed E-state index contributed by atoms with van der Waals surface area (Å²) in [5.41, 5.74) is 1.10. The van der Waals surface area contributed by atoms with E-state index in [1.807, 2.05) is 20.8 Å². The molecule has 25 heavy (non-hydrogen) atoms. The Morgan fingerprint density at radius 1 is 1.36 bits per heavy atom. The number of hydrogen-bond donors (Lipinski definition) is 1. The summed E-state index contributed by atoms with van der Waals surface area (Å²) in [7, 11) is 1.43. The molecular formula is C20H32N2O2S. The van der Waals surface area contributed by atoms with Crippen molar-refractivity contribution >= 4 is 22.4 Å². The maximum absolute atomic E-state index is 12.1. The first-order valence-corrected chi connectivity index (χ1v) is 10.3. The number of aromatic nitrogens is 1. The lowest BCUT2D eigenvalue weighted by molar-refractivity contribution is -0.146. The van der Waals surface area contributed by atoms with Gasteiger partial charge in [-0.2, -0.15) is 0 Å². The van der Waals surface area contributed by atoms with E-state index in [2.05, 4.69) is 19.2 Å². The van der Waals surface area contributed by atoms with Crippen LogP contribution in [0.15, 0.2) is 0 Å². The van der Waals surface area contributed by atoms with Crippen molar-refractivity contribution in [2.45, 2.75) is 72.1 Å². The van der Waals surface area contributed by atoms with Gasteiger partial charge in [0, 0.05) is 11.4 Å². The maximum atomic E-state index is 12.1. The molecule has 1 heterocycles. The summed E-state index contributed by atoms with van der Waals surface area (Å²) >= 11 is 1.64.